The average Bonchev–Trinajstić information content (AvgIpc) is 2.39. The minimum absolute atomic E-state index is 0.373. The largest absolute Gasteiger partial charge is 0.452 e. The van der Waals surface area contributed by atoms with Gasteiger partial charge in [-0.25, -0.2) is 4.79 Å². The summed E-state index contributed by atoms with van der Waals surface area (Å²) in [5.74, 6) is 0. The smallest absolute Gasteiger partial charge is 0.413 e. The SMILES string of the molecule is COC(=O)N(CCCCC=O)c1ccccc1. The van der Waals surface area contributed by atoms with E-state index >= 15 is 0 Å². The van der Waals surface area contributed by atoms with Crippen molar-refractivity contribution in [1.82, 2.24) is 0 Å². The van der Waals surface area contributed by atoms with Gasteiger partial charge in [0, 0.05) is 18.7 Å². The molecular formula is C13H17NO3. The first-order valence-electron chi connectivity index (χ1n) is 5.63. The molecule has 1 aromatic rings. The number of carbonyl (C=O) groups excluding carboxylic acids is 2. The molecule has 0 heterocycles. The fourth-order valence-electron chi connectivity index (χ4n) is 1.54. The summed E-state index contributed by atoms with van der Waals surface area (Å²) in [6.07, 6.45) is 2.61. The molecule has 0 aromatic heterocycles. The van der Waals surface area contributed by atoms with Crippen molar-refractivity contribution in [2.24, 2.45) is 0 Å². The third-order valence-corrected chi connectivity index (χ3v) is 2.42. The molecule has 0 aliphatic carbocycles. The maximum absolute atomic E-state index is 11.6. The highest BCUT2D eigenvalue weighted by Crippen LogP contribution is 2.15. The molecule has 0 atom stereocenters. The van der Waals surface area contributed by atoms with E-state index in [0.29, 0.717) is 13.0 Å². The number of hydrogen-bond acceptors (Lipinski definition) is 3. The van der Waals surface area contributed by atoms with Crippen molar-refractivity contribution in [3.05, 3.63) is 30.3 Å². The Morgan fingerprint density at radius 3 is 2.59 bits per heavy atom. The zero-order valence-corrected chi connectivity index (χ0v) is 9.96. The molecule has 4 nitrogen and oxygen atoms in total. The summed E-state index contributed by atoms with van der Waals surface area (Å²) in [6.45, 7) is 0.560. The maximum atomic E-state index is 11.6. The number of nitrogens with zero attached hydrogens (tertiary/aromatic N) is 1. The summed E-state index contributed by atoms with van der Waals surface area (Å²) in [4.78, 5) is 23.4. The molecule has 0 aliphatic heterocycles. The normalized spacial score (nSPS) is 9.71. The number of para-hydroxylation sites is 1. The first-order valence-corrected chi connectivity index (χ1v) is 5.63. The van der Waals surface area contributed by atoms with E-state index in [1.54, 1.807) is 4.90 Å². The highest BCUT2D eigenvalue weighted by Gasteiger charge is 2.14. The second-order valence-corrected chi connectivity index (χ2v) is 3.62. The van der Waals surface area contributed by atoms with E-state index in [-0.39, 0.29) is 6.09 Å². The van der Waals surface area contributed by atoms with Gasteiger partial charge in [0.05, 0.1) is 7.11 Å². The van der Waals surface area contributed by atoms with Crippen LogP contribution in [0.15, 0.2) is 30.3 Å². The van der Waals surface area contributed by atoms with Gasteiger partial charge in [0.2, 0.25) is 0 Å². The van der Waals surface area contributed by atoms with Gasteiger partial charge >= 0.3 is 6.09 Å². The molecule has 4 heteroatoms. The Morgan fingerprint density at radius 2 is 2.00 bits per heavy atom. The van der Waals surface area contributed by atoms with E-state index in [1.807, 2.05) is 30.3 Å². The van der Waals surface area contributed by atoms with Gasteiger partial charge in [-0.15, -0.1) is 0 Å². The first kappa shape index (κ1) is 13.2. The lowest BCUT2D eigenvalue weighted by Crippen LogP contribution is -2.31. The Labute approximate surface area is 101 Å². The number of aldehydes is 1. The van der Waals surface area contributed by atoms with Gasteiger partial charge in [0.25, 0.3) is 0 Å². The minimum Gasteiger partial charge on any atom is -0.452 e. The lowest BCUT2D eigenvalue weighted by Gasteiger charge is -2.20. The third kappa shape index (κ3) is 4.26. The monoisotopic (exact) mass is 235 g/mol. The average molecular weight is 235 g/mol. The Morgan fingerprint density at radius 1 is 1.29 bits per heavy atom. The number of carbonyl (C=O) groups is 2. The van der Waals surface area contributed by atoms with E-state index in [2.05, 4.69) is 0 Å². The highest BCUT2D eigenvalue weighted by molar-refractivity contribution is 5.87. The van der Waals surface area contributed by atoms with Crippen LogP contribution in [-0.4, -0.2) is 26.0 Å². The van der Waals surface area contributed by atoms with Crippen molar-refractivity contribution in [2.45, 2.75) is 19.3 Å². The van der Waals surface area contributed by atoms with Crippen LogP contribution in [-0.2, 0) is 9.53 Å². The minimum atomic E-state index is -0.373. The van der Waals surface area contributed by atoms with Crippen LogP contribution in [0.2, 0.25) is 0 Å². The van der Waals surface area contributed by atoms with Crippen molar-refractivity contribution >= 4 is 18.1 Å². The zero-order valence-electron chi connectivity index (χ0n) is 9.96. The molecule has 0 unspecified atom stereocenters. The van der Waals surface area contributed by atoms with Gasteiger partial charge < -0.3 is 9.53 Å². The van der Waals surface area contributed by atoms with E-state index in [4.69, 9.17) is 4.74 Å². The molecule has 0 saturated heterocycles. The van der Waals surface area contributed by atoms with E-state index in [1.165, 1.54) is 7.11 Å². The van der Waals surface area contributed by atoms with E-state index in [9.17, 15) is 9.59 Å². The van der Waals surface area contributed by atoms with Crippen molar-refractivity contribution in [3.63, 3.8) is 0 Å². The number of benzene rings is 1. The topological polar surface area (TPSA) is 46.6 Å². The predicted molar refractivity (Wildman–Crippen MR) is 66.1 cm³/mol. The van der Waals surface area contributed by atoms with Crippen LogP contribution in [0.25, 0.3) is 0 Å². The Bertz CT molecular complexity index is 351. The van der Waals surface area contributed by atoms with Crippen LogP contribution >= 0.6 is 0 Å². The molecule has 0 radical (unpaired) electrons. The van der Waals surface area contributed by atoms with Crippen LogP contribution in [0, 0.1) is 0 Å². The van der Waals surface area contributed by atoms with Crippen LogP contribution < -0.4 is 4.90 Å². The van der Waals surface area contributed by atoms with Gasteiger partial charge in [-0.3, -0.25) is 4.90 Å². The molecule has 0 aliphatic rings. The molecule has 1 aromatic carbocycles. The van der Waals surface area contributed by atoms with Gasteiger partial charge in [-0.05, 0) is 25.0 Å². The zero-order chi connectivity index (χ0) is 12.5. The first-order chi connectivity index (χ1) is 8.29. The second-order valence-electron chi connectivity index (χ2n) is 3.62. The van der Waals surface area contributed by atoms with E-state index < -0.39 is 0 Å². The molecule has 0 fully saturated rings. The highest BCUT2D eigenvalue weighted by atomic mass is 16.5. The summed E-state index contributed by atoms with van der Waals surface area (Å²) in [6, 6.07) is 9.35. The van der Waals surface area contributed by atoms with Crippen LogP contribution in [0.4, 0.5) is 10.5 Å². The Hall–Kier alpha value is -1.84. The predicted octanol–water partition coefficient (Wildman–Crippen LogP) is 2.63. The molecule has 17 heavy (non-hydrogen) atoms. The van der Waals surface area contributed by atoms with E-state index in [0.717, 1.165) is 24.8 Å². The number of methoxy groups -OCH3 is 1. The molecule has 0 spiro atoms. The third-order valence-electron chi connectivity index (χ3n) is 2.42. The van der Waals surface area contributed by atoms with Gasteiger partial charge in [-0.1, -0.05) is 18.2 Å². The quantitative estimate of drug-likeness (QED) is 0.562. The Kier molecular flexibility index (Phi) is 5.79. The molecule has 1 amide bonds. The van der Waals surface area contributed by atoms with Gasteiger partial charge in [-0.2, -0.15) is 0 Å². The number of anilines is 1. The summed E-state index contributed by atoms with van der Waals surface area (Å²) in [5, 5.41) is 0. The number of rotatable bonds is 6. The molecular weight excluding hydrogens is 218 g/mol. The molecule has 1 rings (SSSR count). The fraction of sp³-hybridized carbons (Fsp3) is 0.385. The second kappa shape index (κ2) is 7.44. The summed E-state index contributed by atoms with van der Waals surface area (Å²) in [5.41, 5.74) is 0.811. The lowest BCUT2D eigenvalue weighted by atomic mass is 10.2. The van der Waals surface area contributed by atoms with Crippen LogP contribution in [0.5, 0.6) is 0 Å². The Balaban J connectivity index is 2.61. The molecule has 0 N–H and O–H groups in total. The van der Waals surface area contributed by atoms with Crippen LogP contribution in [0.1, 0.15) is 19.3 Å². The molecule has 92 valence electrons. The van der Waals surface area contributed by atoms with Crippen molar-refractivity contribution in [3.8, 4) is 0 Å². The van der Waals surface area contributed by atoms with Crippen molar-refractivity contribution in [2.75, 3.05) is 18.6 Å². The summed E-state index contributed by atoms with van der Waals surface area (Å²) in [7, 11) is 1.36. The lowest BCUT2D eigenvalue weighted by molar-refractivity contribution is -0.107. The van der Waals surface area contributed by atoms with Gasteiger partial charge in [0.15, 0.2) is 0 Å². The van der Waals surface area contributed by atoms with Crippen LogP contribution in [0.3, 0.4) is 0 Å². The fourth-order valence-corrected chi connectivity index (χ4v) is 1.54. The standard InChI is InChI=1S/C13H17NO3/c1-17-13(16)14(10-6-3-7-11-15)12-8-4-2-5-9-12/h2,4-5,8-9,11H,3,6-7,10H2,1H3. The number of unbranched alkanes of at least 4 members (excludes halogenated alkanes) is 2. The molecule has 0 bridgehead atoms. The summed E-state index contributed by atoms with van der Waals surface area (Å²) >= 11 is 0. The summed E-state index contributed by atoms with van der Waals surface area (Å²) < 4.78 is 4.74. The molecule has 0 saturated carbocycles. The van der Waals surface area contributed by atoms with Crippen molar-refractivity contribution in [1.29, 1.82) is 0 Å². The number of amides is 1. The maximum Gasteiger partial charge on any atom is 0.413 e. The number of hydrogen-bond donors (Lipinski definition) is 0. The van der Waals surface area contributed by atoms with Gasteiger partial charge in [0.1, 0.15) is 6.29 Å². The number of ether oxygens (including phenoxy) is 1. The van der Waals surface area contributed by atoms with Crippen molar-refractivity contribution < 1.29 is 14.3 Å².